The number of hydrogen-bond acceptors (Lipinski definition) is 3. The summed E-state index contributed by atoms with van der Waals surface area (Å²) < 4.78 is 37.4. The third-order valence-electron chi connectivity index (χ3n) is 3.88. The lowest BCUT2D eigenvalue weighted by Crippen LogP contribution is -2.21. The highest BCUT2D eigenvalue weighted by atomic mass is 32.2. The molecule has 1 aromatic rings. The van der Waals surface area contributed by atoms with Gasteiger partial charge in [0.05, 0.1) is 5.56 Å². The first-order valence-electron chi connectivity index (χ1n) is 9.33. The monoisotopic (exact) mass is 413 g/mol. The molecule has 0 fully saturated rings. The van der Waals surface area contributed by atoms with Gasteiger partial charge in [-0.2, -0.15) is 13.2 Å². The maximum atomic E-state index is 12.5. The van der Waals surface area contributed by atoms with Crippen LogP contribution in [-0.2, 0) is 15.8 Å². The Morgan fingerprint density at radius 1 is 1.00 bits per heavy atom. The maximum absolute atomic E-state index is 12.5. The largest absolute Gasteiger partial charge is 0.416 e. The Morgan fingerprint density at radius 2 is 1.64 bits per heavy atom. The number of nitrogens with one attached hydrogen (secondary N) is 1. The molecule has 1 N–H and O–H groups in total. The summed E-state index contributed by atoms with van der Waals surface area (Å²) >= 11 is 0.837. The number of carbonyl (C=O) groups is 2. The lowest BCUT2D eigenvalue weighted by Gasteiger charge is -2.05. The second-order valence-electron chi connectivity index (χ2n) is 6.25. The van der Waals surface area contributed by atoms with Crippen molar-refractivity contribution in [3.8, 4) is 0 Å². The van der Waals surface area contributed by atoms with Crippen molar-refractivity contribution >= 4 is 28.9 Å². The lowest BCUT2D eigenvalue weighted by molar-refractivity contribution is -0.137. The summed E-state index contributed by atoms with van der Waals surface area (Å²) in [5.41, 5.74) is -0.247. The standard InChI is InChI=1S/C21H26F3NO2S/c1-2-3-4-5-6-7-15-25-19(26)14-16-28-20(27)13-10-17-8-11-18(12-9-17)21(22,23)24/h8-14,16H,2-7,15H2,1H3,(H,25,26)/b13-10+,16-14-. The quantitative estimate of drug-likeness (QED) is 0.359. The molecule has 0 aliphatic rings. The predicted octanol–water partition coefficient (Wildman–Crippen LogP) is 5.97. The van der Waals surface area contributed by atoms with Gasteiger partial charge in [-0.25, -0.2) is 0 Å². The third kappa shape index (κ3) is 11.0. The molecule has 0 aliphatic heterocycles. The molecule has 0 saturated heterocycles. The summed E-state index contributed by atoms with van der Waals surface area (Å²) in [6, 6.07) is 4.52. The van der Waals surface area contributed by atoms with Crippen LogP contribution in [0, 0.1) is 0 Å². The van der Waals surface area contributed by atoms with E-state index >= 15 is 0 Å². The molecule has 0 saturated carbocycles. The van der Waals surface area contributed by atoms with Crippen LogP contribution in [0.15, 0.2) is 41.8 Å². The predicted molar refractivity (Wildman–Crippen MR) is 109 cm³/mol. The molecule has 0 aliphatic carbocycles. The molecule has 1 rings (SSSR count). The lowest BCUT2D eigenvalue weighted by atomic mass is 10.1. The van der Waals surface area contributed by atoms with Crippen molar-refractivity contribution in [2.24, 2.45) is 0 Å². The van der Waals surface area contributed by atoms with Gasteiger partial charge >= 0.3 is 6.18 Å². The number of unbranched alkanes of at least 4 members (excludes halogenated alkanes) is 5. The molecular weight excluding hydrogens is 387 g/mol. The van der Waals surface area contributed by atoms with Crippen molar-refractivity contribution in [2.45, 2.75) is 51.6 Å². The van der Waals surface area contributed by atoms with Crippen molar-refractivity contribution in [2.75, 3.05) is 6.54 Å². The Morgan fingerprint density at radius 3 is 2.29 bits per heavy atom. The Bertz CT molecular complexity index is 667. The number of alkyl halides is 3. The van der Waals surface area contributed by atoms with Gasteiger partial charge in [0.1, 0.15) is 0 Å². The Hall–Kier alpha value is -2.02. The van der Waals surface area contributed by atoms with Crippen LogP contribution in [0.4, 0.5) is 13.2 Å². The zero-order valence-corrected chi connectivity index (χ0v) is 16.7. The fourth-order valence-corrected chi connectivity index (χ4v) is 2.80. The average molecular weight is 414 g/mol. The minimum atomic E-state index is -4.38. The van der Waals surface area contributed by atoms with Crippen LogP contribution in [0.3, 0.4) is 0 Å². The van der Waals surface area contributed by atoms with Crippen LogP contribution in [0.2, 0.25) is 0 Å². The number of halogens is 3. The molecule has 0 spiro atoms. The third-order valence-corrected chi connectivity index (χ3v) is 4.52. The number of thioether (sulfide) groups is 1. The van der Waals surface area contributed by atoms with Gasteiger partial charge in [0.25, 0.3) is 0 Å². The first kappa shape index (κ1) is 24.0. The zero-order chi connectivity index (χ0) is 20.8. The molecule has 154 valence electrons. The summed E-state index contributed by atoms with van der Waals surface area (Å²) in [5, 5.41) is 3.84. The fraction of sp³-hybridized carbons (Fsp3) is 0.429. The number of benzene rings is 1. The van der Waals surface area contributed by atoms with Gasteiger partial charge in [0, 0.05) is 12.6 Å². The molecule has 1 amide bonds. The van der Waals surface area contributed by atoms with E-state index < -0.39 is 11.7 Å². The molecular formula is C21H26F3NO2S. The summed E-state index contributed by atoms with van der Waals surface area (Å²) in [4.78, 5) is 23.3. The minimum absolute atomic E-state index is 0.249. The summed E-state index contributed by atoms with van der Waals surface area (Å²) in [6.45, 7) is 2.78. The van der Waals surface area contributed by atoms with Crippen molar-refractivity contribution < 1.29 is 22.8 Å². The van der Waals surface area contributed by atoms with Crippen LogP contribution in [-0.4, -0.2) is 17.6 Å². The van der Waals surface area contributed by atoms with Crippen molar-refractivity contribution in [3.63, 3.8) is 0 Å². The summed E-state index contributed by atoms with van der Waals surface area (Å²) in [5.74, 6) is -0.249. The van der Waals surface area contributed by atoms with E-state index in [0.29, 0.717) is 12.1 Å². The number of amides is 1. The Balaban J connectivity index is 2.26. The van der Waals surface area contributed by atoms with Crippen molar-refractivity contribution in [3.05, 3.63) is 53.0 Å². The first-order chi connectivity index (χ1) is 13.3. The van der Waals surface area contributed by atoms with E-state index in [1.54, 1.807) is 0 Å². The topological polar surface area (TPSA) is 46.2 Å². The van der Waals surface area contributed by atoms with Gasteiger partial charge in [-0.1, -0.05) is 69.0 Å². The number of rotatable bonds is 11. The molecule has 3 nitrogen and oxygen atoms in total. The van der Waals surface area contributed by atoms with E-state index in [1.807, 2.05) is 0 Å². The van der Waals surface area contributed by atoms with Gasteiger partial charge in [0.15, 0.2) is 0 Å². The fourth-order valence-electron chi connectivity index (χ4n) is 2.33. The number of hydrogen-bond donors (Lipinski definition) is 1. The second kappa shape index (κ2) is 13.2. The highest BCUT2D eigenvalue weighted by Crippen LogP contribution is 2.29. The Kier molecular flexibility index (Phi) is 11.3. The second-order valence-corrected chi connectivity index (χ2v) is 7.16. The van der Waals surface area contributed by atoms with Crippen LogP contribution in [0.5, 0.6) is 0 Å². The van der Waals surface area contributed by atoms with E-state index in [-0.39, 0.29) is 11.0 Å². The van der Waals surface area contributed by atoms with Crippen LogP contribution >= 0.6 is 11.8 Å². The SMILES string of the molecule is CCCCCCCCNC(=O)/C=C\SC(=O)/C=C/c1ccc(C(F)(F)F)cc1. The van der Waals surface area contributed by atoms with Gasteiger partial charge in [-0.15, -0.1) is 0 Å². The molecule has 0 aromatic heterocycles. The maximum Gasteiger partial charge on any atom is 0.416 e. The van der Waals surface area contributed by atoms with Crippen LogP contribution in [0.1, 0.15) is 56.6 Å². The molecule has 7 heteroatoms. The molecule has 0 heterocycles. The Labute approximate surface area is 168 Å². The van der Waals surface area contributed by atoms with Crippen LogP contribution < -0.4 is 5.32 Å². The molecule has 0 radical (unpaired) electrons. The van der Waals surface area contributed by atoms with Gasteiger partial charge in [-0.3, -0.25) is 9.59 Å². The van der Waals surface area contributed by atoms with E-state index in [0.717, 1.165) is 36.7 Å². The molecule has 1 aromatic carbocycles. The molecule has 0 unspecified atom stereocenters. The van der Waals surface area contributed by atoms with Crippen molar-refractivity contribution in [1.82, 2.24) is 5.32 Å². The zero-order valence-electron chi connectivity index (χ0n) is 15.9. The first-order valence-corrected chi connectivity index (χ1v) is 10.2. The van der Waals surface area contributed by atoms with E-state index in [2.05, 4.69) is 12.2 Å². The van der Waals surface area contributed by atoms with Crippen molar-refractivity contribution in [1.29, 1.82) is 0 Å². The van der Waals surface area contributed by atoms with E-state index in [9.17, 15) is 22.8 Å². The smallest absolute Gasteiger partial charge is 0.353 e. The normalized spacial score (nSPS) is 12.0. The van der Waals surface area contributed by atoms with Gasteiger partial charge in [0.2, 0.25) is 11.0 Å². The molecule has 28 heavy (non-hydrogen) atoms. The highest BCUT2D eigenvalue weighted by molar-refractivity contribution is 8.16. The van der Waals surface area contributed by atoms with Gasteiger partial charge in [-0.05, 0) is 35.6 Å². The minimum Gasteiger partial charge on any atom is -0.353 e. The highest BCUT2D eigenvalue weighted by Gasteiger charge is 2.29. The van der Waals surface area contributed by atoms with Gasteiger partial charge < -0.3 is 5.32 Å². The number of carbonyl (C=O) groups excluding carboxylic acids is 2. The summed E-state index contributed by atoms with van der Waals surface area (Å²) in [7, 11) is 0. The summed E-state index contributed by atoms with van der Waals surface area (Å²) in [6.07, 6.45) is 6.48. The van der Waals surface area contributed by atoms with E-state index in [4.69, 9.17) is 0 Å². The average Bonchev–Trinajstić information content (AvgIpc) is 2.65. The van der Waals surface area contributed by atoms with Crippen LogP contribution in [0.25, 0.3) is 6.08 Å². The molecule has 0 bridgehead atoms. The molecule has 0 atom stereocenters. The van der Waals surface area contributed by atoms with E-state index in [1.165, 1.54) is 61.5 Å².